The highest BCUT2D eigenvalue weighted by molar-refractivity contribution is 6.02. The maximum Gasteiger partial charge on any atom is 0.0725 e. The van der Waals surface area contributed by atoms with Crippen LogP contribution in [0.5, 0.6) is 0 Å². The van der Waals surface area contributed by atoms with Gasteiger partial charge in [0, 0.05) is 33.8 Å². The van der Waals surface area contributed by atoms with Gasteiger partial charge in [0.1, 0.15) is 0 Å². The van der Waals surface area contributed by atoms with Crippen molar-refractivity contribution in [1.82, 2.24) is 0 Å². The fourth-order valence-corrected chi connectivity index (χ4v) is 19.5. The Balaban J connectivity index is 0.763. The molecule has 4 aliphatic rings. The van der Waals surface area contributed by atoms with Gasteiger partial charge >= 0.3 is 0 Å². The maximum absolute atomic E-state index is 2.55. The second-order valence-corrected chi connectivity index (χ2v) is 29.5. The minimum absolute atomic E-state index is 0.445. The number of hydrogen-bond donors (Lipinski definition) is 0. The Labute approximate surface area is 625 Å². The zero-order valence-corrected chi connectivity index (χ0v) is 59.5. The summed E-state index contributed by atoms with van der Waals surface area (Å²) in [6.45, 7) is 4.46. The van der Waals surface area contributed by atoms with E-state index in [-0.39, 0.29) is 0 Å². The summed E-state index contributed by atoms with van der Waals surface area (Å²) in [5.41, 5.74) is 37.2. The van der Waals surface area contributed by atoms with Gasteiger partial charge in [-0.05, 0) is 219 Å². The van der Waals surface area contributed by atoms with Crippen LogP contribution in [0.3, 0.4) is 0 Å². The number of aryl methyl sites for hydroxylation is 2. The molecule has 0 saturated carbocycles. The van der Waals surface area contributed by atoms with Crippen LogP contribution < -0.4 is 9.80 Å². The van der Waals surface area contributed by atoms with Crippen LogP contribution in [0.2, 0.25) is 0 Å². The Morgan fingerprint density at radius 2 is 0.523 bits per heavy atom. The van der Waals surface area contributed by atoms with Crippen molar-refractivity contribution in [3.05, 3.63) is 478 Å². The molecule has 17 aromatic carbocycles. The van der Waals surface area contributed by atoms with Gasteiger partial charge in [0.25, 0.3) is 0 Å². The first kappa shape index (κ1) is 62.2. The zero-order chi connectivity index (χ0) is 71.0. The fraction of sp³-hybridized carbons (Fsp3) is 0.0476. The summed E-state index contributed by atoms with van der Waals surface area (Å²) in [5, 5.41) is 2.38. The van der Waals surface area contributed by atoms with E-state index in [1.54, 1.807) is 0 Å². The molecule has 502 valence electrons. The molecule has 2 nitrogen and oxygen atoms in total. The lowest BCUT2D eigenvalue weighted by Gasteiger charge is -2.36. The highest BCUT2D eigenvalue weighted by atomic mass is 15.1. The van der Waals surface area contributed by atoms with Crippen LogP contribution >= 0.6 is 0 Å². The number of fused-ring (bicyclic) bond motifs is 17. The van der Waals surface area contributed by atoms with Crippen molar-refractivity contribution in [2.75, 3.05) is 9.80 Å². The predicted molar refractivity (Wildman–Crippen MR) is 445 cm³/mol. The Hall–Kier alpha value is -13.4. The van der Waals surface area contributed by atoms with Crippen LogP contribution in [0.1, 0.15) is 77.9 Å². The van der Waals surface area contributed by atoms with Crippen LogP contribution in [0.15, 0.2) is 400 Å². The van der Waals surface area contributed by atoms with E-state index >= 15 is 0 Å². The van der Waals surface area contributed by atoms with E-state index in [2.05, 4.69) is 424 Å². The summed E-state index contributed by atoms with van der Waals surface area (Å²) in [7, 11) is 0. The standard InChI is InChI=1S/C105H72N2/c1-69-47-57-88-90-60-54-81(67-100(90)103(98(88)63-69,74-31-10-4-11-32-74)75-33-12-5-13-34-75)106(82-55-61-91-89-58-48-70(2)64-99(89)104(101(91)68-82,76-35-14-6-15-36-76)77-37-16-7-17-38-77)79-53-59-83(92(65-79)72-27-8-3-9-28-72)73-49-51-78(52-50-73)107(102-46-26-30-71-29-18-19-39-84(71)102)80-56-62-97-93(66-80)87-42-22-25-45-96(87)105(97)94-43-23-20-40-85(94)86-41-21-24-44-95(86)105/h3-68H,1-2H3. The van der Waals surface area contributed by atoms with Gasteiger partial charge < -0.3 is 9.80 Å². The second-order valence-electron chi connectivity index (χ2n) is 29.5. The average molecular weight is 1360 g/mol. The number of nitrogens with zero attached hydrogens (tertiary/aromatic N) is 2. The summed E-state index contributed by atoms with van der Waals surface area (Å²) >= 11 is 0. The zero-order valence-electron chi connectivity index (χ0n) is 59.5. The van der Waals surface area contributed by atoms with E-state index in [9.17, 15) is 0 Å². The highest BCUT2D eigenvalue weighted by Gasteiger charge is 2.53. The molecular formula is C105H72N2. The Morgan fingerprint density at radius 3 is 1.03 bits per heavy atom. The molecule has 1 spiro atoms. The van der Waals surface area contributed by atoms with E-state index in [0.29, 0.717) is 0 Å². The van der Waals surface area contributed by atoms with Crippen molar-refractivity contribution in [2.24, 2.45) is 0 Å². The summed E-state index contributed by atoms with van der Waals surface area (Å²) < 4.78 is 0. The van der Waals surface area contributed by atoms with Gasteiger partial charge in [0.05, 0.1) is 21.9 Å². The Bertz CT molecular complexity index is 6080. The second kappa shape index (κ2) is 24.4. The molecular weight excluding hydrogens is 1290 g/mol. The SMILES string of the molecule is Cc1ccc2c(c1)C(c1ccccc1)(c1ccccc1)c1cc(N(c3ccc(-c4ccc(N(c5ccc6c(c5)-c5ccccc5C65c6ccccc6-c6ccccc65)c5cccc6ccccc56)cc4)c(-c4ccccc4)c3)c3ccc4c(c3)C(c3ccccc3)(c3ccccc3)c3cc(C)ccc3-4)ccc1-2. The third-order valence-corrected chi connectivity index (χ3v) is 23.9. The van der Waals surface area contributed by atoms with Crippen LogP contribution in [0.4, 0.5) is 34.1 Å². The quantitative estimate of drug-likeness (QED) is 0.120. The molecule has 0 unspecified atom stereocenters. The van der Waals surface area contributed by atoms with Gasteiger partial charge in [-0.15, -0.1) is 0 Å². The van der Waals surface area contributed by atoms with Crippen LogP contribution in [-0.2, 0) is 16.2 Å². The smallest absolute Gasteiger partial charge is 0.0725 e. The largest absolute Gasteiger partial charge is 0.310 e. The third-order valence-electron chi connectivity index (χ3n) is 23.9. The minimum Gasteiger partial charge on any atom is -0.310 e. The van der Waals surface area contributed by atoms with Gasteiger partial charge in [-0.1, -0.05) is 345 Å². The molecule has 0 N–H and O–H groups in total. The van der Waals surface area contributed by atoms with Gasteiger partial charge in [-0.3, -0.25) is 0 Å². The molecule has 2 heteroatoms. The van der Waals surface area contributed by atoms with Crippen LogP contribution in [-0.4, -0.2) is 0 Å². The predicted octanol–water partition coefficient (Wildman–Crippen LogP) is 26.8. The Morgan fingerprint density at radius 1 is 0.187 bits per heavy atom. The first-order chi connectivity index (χ1) is 52.9. The van der Waals surface area contributed by atoms with Gasteiger partial charge in [0.15, 0.2) is 0 Å². The van der Waals surface area contributed by atoms with E-state index in [0.717, 1.165) is 56.4 Å². The first-order valence-electron chi connectivity index (χ1n) is 37.4. The third kappa shape index (κ3) is 9.13. The van der Waals surface area contributed by atoms with Gasteiger partial charge in [-0.25, -0.2) is 0 Å². The van der Waals surface area contributed by atoms with Crippen molar-refractivity contribution in [1.29, 1.82) is 0 Å². The number of rotatable bonds is 12. The summed E-state index contributed by atoms with van der Waals surface area (Å²) in [4.78, 5) is 5.03. The molecule has 17 aromatic rings. The van der Waals surface area contributed by atoms with Gasteiger partial charge in [0.2, 0.25) is 0 Å². The van der Waals surface area contributed by atoms with Crippen LogP contribution in [0.25, 0.3) is 77.5 Å². The molecule has 0 radical (unpaired) electrons. The van der Waals surface area contributed by atoms with Crippen molar-refractivity contribution >= 4 is 44.9 Å². The molecule has 0 atom stereocenters. The van der Waals surface area contributed by atoms with Crippen molar-refractivity contribution < 1.29 is 0 Å². The molecule has 107 heavy (non-hydrogen) atoms. The number of benzene rings is 17. The number of anilines is 6. The van der Waals surface area contributed by atoms with Crippen molar-refractivity contribution in [2.45, 2.75) is 30.1 Å². The maximum atomic E-state index is 2.55. The number of hydrogen-bond acceptors (Lipinski definition) is 2. The Kier molecular flexibility index (Phi) is 14.2. The molecule has 0 aliphatic heterocycles. The molecule has 0 amide bonds. The van der Waals surface area contributed by atoms with Crippen molar-refractivity contribution in [3.8, 4) is 66.8 Å². The summed E-state index contributed by atoms with van der Waals surface area (Å²) in [6, 6.07) is 151. The molecule has 0 heterocycles. The minimum atomic E-state index is -0.632. The molecule has 0 bridgehead atoms. The fourth-order valence-electron chi connectivity index (χ4n) is 19.5. The molecule has 0 aromatic heterocycles. The highest BCUT2D eigenvalue weighted by Crippen LogP contribution is 2.65. The lowest BCUT2D eigenvalue weighted by molar-refractivity contribution is 0.766. The van der Waals surface area contributed by atoms with E-state index in [4.69, 9.17) is 0 Å². The normalized spacial score (nSPS) is 13.7. The van der Waals surface area contributed by atoms with E-state index in [1.807, 2.05) is 0 Å². The lowest BCUT2D eigenvalue weighted by Crippen LogP contribution is -2.29. The van der Waals surface area contributed by atoms with E-state index in [1.165, 1.54) is 133 Å². The monoisotopic (exact) mass is 1360 g/mol. The van der Waals surface area contributed by atoms with E-state index < -0.39 is 16.2 Å². The lowest BCUT2D eigenvalue weighted by atomic mass is 9.67. The molecule has 21 rings (SSSR count). The van der Waals surface area contributed by atoms with Gasteiger partial charge in [-0.2, -0.15) is 0 Å². The molecule has 0 saturated heterocycles. The molecule has 4 aliphatic carbocycles. The van der Waals surface area contributed by atoms with Crippen molar-refractivity contribution in [3.63, 3.8) is 0 Å². The topological polar surface area (TPSA) is 6.48 Å². The average Bonchev–Trinajstić information content (AvgIpc) is 1.51. The van der Waals surface area contributed by atoms with Crippen LogP contribution in [0, 0.1) is 13.8 Å². The summed E-state index contributed by atoms with van der Waals surface area (Å²) in [6.07, 6.45) is 0. The summed E-state index contributed by atoms with van der Waals surface area (Å²) in [5.74, 6) is 0. The first-order valence-corrected chi connectivity index (χ1v) is 37.4. The molecule has 0 fully saturated rings.